The SMILES string of the molecule is COc1ccc2c(c1)CCCN2C(=O)COC(=O)[C@@H]1CCCN1C(=O)c1ccco1. The predicted molar refractivity (Wildman–Crippen MR) is 107 cm³/mol. The number of benzene rings is 1. The number of carbonyl (C=O) groups excluding carboxylic acids is 3. The van der Waals surface area contributed by atoms with E-state index in [1.165, 1.54) is 11.2 Å². The van der Waals surface area contributed by atoms with Gasteiger partial charge in [0.15, 0.2) is 12.4 Å². The average molecular weight is 412 g/mol. The zero-order chi connectivity index (χ0) is 21.1. The third kappa shape index (κ3) is 3.90. The molecule has 1 aromatic carbocycles. The van der Waals surface area contributed by atoms with Crippen LogP contribution in [0.5, 0.6) is 5.75 Å². The molecule has 1 atom stereocenters. The summed E-state index contributed by atoms with van der Waals surface area (Å²) in [4.78, 5) is 41.0. The summed E-state index contributed by atoms with van der Waals surface area (Å²) in [6.07, 6.45) is 4.31. The maximum absolute atomic E-state index is 12.8. The zero-order valence-electron chi connectivity index (χ0n) is 16.8. The van der Waals surface area contributed by atoms with Crippen LogP contribution in [0.15, 0.2) is 41.0 Å². The van der Waals surface area contributed by atoms with Gasteiger partial charge in [-0.2, -0.15) is 0 Å². The Labute approximate surface area is 174 Å². The maximum Gasteiger partial charge on any atom is 0.329 e. The summed E-state index contributed by atoms with van der Waals surface area (Å²) in [5, 5.41) is 0. The number of likely N-dealkylation sites (tertiary alicyclic amines) is 1. The first kappa shape index (κ1) is 20.0. The third-order valence-corrected chi connectivity index (χ3v) is 5.56. The van der Waals surface area contributed by atoms with Crippen molar-refractivity contribution in [2.45, 2.75) is 31.7 Å². The largest absolute Gasteiger partial charge is 0.497 e. The number of aryl methyl sites for hydroxylation is 1. The summed E-state index contributed by atoms with van der Waals surface area (Å²) in [5.74, 6) is -0.253. The fourth-order valence-electron chi connectivity index (χ4n) is 4.06. The molecule has 2 aromatic rings. The maximum atomic E-state index is 12.8. The van der Waals surface area contributed by atoms with Crippen LogP contribution in [0.2, 0.25) is 0 Å². The molecule has 158 valence electrons. The standard InChI is InChI=1S/C22H24N2O6/c1-28-16-8-9-17-15(13-16)5-2-10-23(17)20(25)14-30-22(27)18-6-3-11-24(18)21(26)19-7-4-12-29-19/h4,7-9,12-13,18H,2-3,5-6,10-11,14H2,1H3/t18-/m0/s1. The van der Waals surface area contributed by atoms with E-state index in [0.717, 1.165) is 29.8 Å². The Morgan fingerprint density at radius 2 is 2.03 bits per heavy atom. The molecule has 30 heavy (non-hydrogen) atoms. The van der Waals surface area contributed by atoms with E-state index >= 15 is 0 Å². The highest BCUT2D eigenvalue weighted by molar-refractivity contribution is 5.98. The molecule has 1 fully saturated rings. The second kappa shape index (κ2) is 8.61. The van der Waals surface area contributed by atoms with Gasteiger partial charge < -0.3 is 23.7 Å². The number of nitrogens with zero attached hydrogens (tertiary/aromatic N) is 2. The molecule has 3 heterocycles. The number of hydrogen-bond donors (Lipinski definition) is 0. The Bertz CT molecular complexity index is 939. The van der Waals surface area contributed by atoms with E-state index < -0.39 is 12.0 Å². The molecule has 2 aliphatic heterocycles. The van der Waals surface area contributed by atoms with E-state index in [1.54, 1.807) is 24.1 Å². The van der Waals surface area contributed by atoms with Gasteiger partial charge in [-0.25, -0.2) is 4.79 Å². The van der Waals surface area contributed by atoms with E-state index in [-0.39, 0.29) is 24.2 Å². The topological polar surface area (TPSA) is 89.3 Å². The molecule has 8 heteroatoms. The van der Waals surface area contributed by atoms with Crippen molar-refractivity contribution >= 4 is 23.5 Å². The smallest absolute Gasteiger partial charge is 0.329 e. The number of ether oxygens (including phenoxy) is 2. The van der Waals surface area contributed by atoms with Crippen molar-refractivity contribution in [2.24, 2.45) is 0 Å². The summed E-state index contributed by atoms with van der Waals surface area (Å²) in [6.45, 7) is 0.667. The van der Waals surface area contributed by atoms with E-state index in [4.69, 9.17) is 13.9 Å². The van der Waals surface area contributed by atoms with Crippen molar-refractivity contribution in [1.82, 2.24) is 4.90 Å². The van der Waals surface area contributed by atoms with E-state index in [1.807, 2.05) is 18.2 Å². The van der Waals surface area contributed by atoms with Crippen LogP contribution in [0.1, 0.15) is 35.4 Å². The molecule has 0 radical (unpaired) electrons. The number of fused-ring (bicyclic) bond motifs is 1. The van der Waals surface area contributed by atoms with Crippen LogP contribution in [0.4, 0.5) is 5.69 Å². The highest BCUT2D eigenvalue weighted by atomic mass is 16.5. The molecule has 0 saturated carbocycles. The number of methoxy groups -OCH3 is 1. The van der Waals surface area contributed by atoms with Crippen molar-refractivity contribution in [2.75, 3.05) is 31.7 Å². The lowest BCUT2D eigenvalue weighted by atomic mass is 10.0. The number of furan rings is 1. The van der Waals surface area contributed by atoms with E-state index in [2.05, 4.69) is 0 Å². The Balaban J connectivity index is 1.38. The summed E-state index contributed by atoms with van der Waals surface area (Å²) < 4.78 is 15.7. The van der Waals surface area contributed by atoms with Gasteiger partial charge >= 0.3 is 5.97 Å². The molecule has 8 nitrogen and oxygen atoms in total. The Kier molecular flexibility index (Phi) is 5.74. The number of esters is 1. The van der Waals surface area contributed by atoms with Crippen LogP contribution in [0, 0.1) is 0 Å². The molecule has 0 bridgehead atoms. The quantitative estimate of drug-likeness (QED) is 0.701. The van der Waals surface area contributed by atoms with Gasteiger partial charge in [0, 0.05) is 18.8 Å². The van der Waals surface area contributed by atoms with Crippen LogP contribution in [-0.2, 0) is 20.7 Å². The molecular weight excluding hydrogens is 388 g/mol. The van der Waals surface area contributed by atoms with Crippen molar-refractivity contribution in [3.63, 3.8) is 0 Å². The molecule has 4 rings (SSSR count). The van der Waals surface area contributed by atoms with Gasteiger partial charge in [0.2, 0.25) is 0 Å². The van der Waals surface area contributed by atoms with Gasteiger partial charge in [0.1, 0.15) is 11.8 Å². The average Bonchev–Trinajstić information content (AvgIpc) is 3.48. The summed E-state index contributed by atoms with van der Waals surface area (Å²) in [7, 11) is 1.61. The number of hydrogen-bond acceptors (Lipinski definition) is 6. The first-order valence-corrected chi connectivity index (χ1v) is 10.1. The lowest BCUT2D eigenvalue weighted by Crippen LogP contribution is -2.43. The predicted octanol–water partition coefficient (Wildman–Crippen LogP) is 2.42. The second-order valence-electron chi connectivity index (χ2n) is 7.39. The number of rotatable bonds is 5. The van der Waals surface area contributed by atoms with E-state index in [9.17, 15) is 14.4 Å². The molecule has 1 saturated heterocycles. The Hall–Kier alpha value is -3.29. The zero-order valence-corrected chi connectivity index (χ0v) is 16.8. The van der Waals surface area contributed by atoms with Gasteiger partial charge in [-0.15, -0.1) is 0 Å². The molecule has 0 aliphatic carbocycles. The van der Waals surface area contributed by atoms with E-state index in [0.29, 0.717) is 25.9 Å². The summed E-state index contributed by atoms with van der Waals surface area (Å²) >= 11 is 0. The molecule has 0 unspecified atom stereocenters. The van der Waals surface area contributed by atoms with Crippen LogP contribution in [0.3, 0.4) is 0 Å². The first-order valence-electron chi connectivity index (χ1n) is 10.1. The number of carbonyl (C=O) groups is 3. The summed E-state index contributed by atoms with van der Waals surface area (Å²) in [6, 6.07) is 8.09. The molecule has 2 aliphatic rings. The number of amides is 2. The van der Waals surface area contributed by atoms with Crippen LogP contribution < -0.4 is 9.64 Å². The fraction of sp³-hybridized carbons (Fsp3) is 0.409. The molecule has 2 amide bonds. The van der Waals surface area contributed by atoms with Crippen molar-refractivity contribution < 1.29 is 28.3 Å². The Morgan fingerprint density at radius 1 is 1.17 bits per heavy atom. The van der Waals surface area contributed by atoms with Gasteiger partial charge in [-0.3, -0.25) is 9.59 Å². The molecule has 0 N–H and O–H groups in total. The minimum absolute atomic E-state index is 0.186. The minimum atomic E-state index is -0.701. The second-order valence-corrected chi connectivity index (χ2v) is 7.39. The highest BCUT2D eigenvalue weighted by Crippen LogP contribution is 2.30. The Morgan fingerprint density at radius 3 is 2.80 bits per heavy atom. The van der Waals surface area contributed by atoms with Crippen molar-refractivity contribution in [3.8, 4) is 5.75 Å². The normalized spacial score (nSPS) is 18.1. The lowest BCUT2D eigenvalue weighted by Gasteiger charge is -2.30. The highest BCUT2D eigenvalue weighted by Gasteiger charge is 2.37. The number of anilines is 1. The third-order valence-electron chi connectivity index (χ3n) is 5.56. The monoisotopic (exact) mass is 412 g/mol. The minimum Gasteiger partial charge on any atom is -0.497 e. The van der Waals surface area contributed by atoms with Crippen LogP contribution in [-0.4, -0.2) is 55.5 Å². The van der Waals surface area contributed by atoms with Gasteiger partial charge in [0.25, 0.3) is 11.8 Å². The van der Waals surface area contributed by atoms with Crippen molar-refractivity contribution in [1.29, 1.82) is 0 Å². The van der Waals surface area contributed by atoms with Gasteiger partial charge in [-0.1, -0.05) is 0 Å². The fourth-order valence-corrected chi connectivity index (χ4v) is 4.06. The van der Waals surface area contributed by atoms with Gasteiger partial charge in [0.05, 0.1) is 13.4 Å². The molecule has 0 spiro atoms. The first-order chi connectivity index (χ1) is 14.6. The van der Waals surface area contributed by atoms with Gasteiger partial charge in [-0.05, 0) is 61.6 Å². The van der Waals surface area contributed by atoms with Crippen LogP contribution >= 0.6 is 0 Å². The van der Waals surface area contributed by atoms with Crippen LogP contribution in [0.25, 0.3) is 0 Å². The van der Waals surface area contributed by atoms with Crippen molar-refractivity contribution in [3.05, 3.63) is 47.9 Å². The molecular formula is C22H24N2O6. The molecule has 1 aromatic heterocycles. The summed E-state index contributed by atoms with van der Waals surface area (Å²) in [5.41, 5.74) is 1.85. The lowest BCUT2D eigenvalue weighted by molar-refractivity contribution is -0.151.